The molecule has 0 saturated heterocycles. The number of hydrogen-bond donors (Lipinski definition) is 2. The SMILES string of the molecule is CC(C)CCNC(=O)CNCc1ccno1. The highest BCUT2D eigenvalue weighted by molar-refractivity contribution is 5.77. The highest BCUT2D eigenvalue weighted by Gasteiger charge is 2.02. The molecule has 2 N–H and O–H groups in total. The molecule has 16 heavy (non-hydrogen) atoms. The maximum absolute atomic E-state index is 11.3. The van der Waals surface area contributed by atoms with E-state index in [0.29, 0.717) is 19.0 Å². The van der Waals surface area contributed by atoms with Gasteiger partial charge in [0.25, 0.3) is 0 Å². The van der Waals surface area contributed by atoms with Gasteiger partial charge >= 0.3 is 0 Å². The van der Waals surface area contributed by atoms with Gasteiger partial charge in [-0.2, -0.15) is 0 Å². The van der Waals surface area contributed by atoms with Crippen molar-refractivity contribution in [3.8, 4) is 0 Å². The molecule has 1 amide bonds. The number of aromatic nitrogens is 1. The number of carbonyl (C=O) groups excluding carboxylic acids is 1. The second-order valence-corrected chi connectivity index (χ2v) is 4.11. The minimum absolute atomic E-state index is 0.0140. The summed E-state index contributed by atoms with van der Waals surface area (Å²) in [6.07, 6.45) is 2.59. The van der Waals surface area contributed by atoms with Crippen LogP contribution in [0.1, 0.15) is 26.0 Å². The number of nitrogens with zero attached hydrogens (tertiary/aromatic N) is 1. The van der Waals surface area contributed by atoms with Gasteiger partial charge in [-0.25, -0.2) is 0 Å². The molecule has 0 bridgehead atoms. The van der Waals surface area contributed by atoms with Crippen LogP contribution in [0.25, 0.3) is 0 Å². The van der Waals surface area contributed by atoms with Crippen LogP contribution in [0, 0.1) is 5.92 Å². The first-order valence-electron chi connectivity index (χ1n) is 5.55. The minimum atomic E-state index is 0.0140. The predicted molar refractivity (Wildman–Crippen MR) is 60.7 cm³/mol. The molecule has 0 aromatic carbocycles. The molecular formula is C11H19N3O2. The van der Waals surface area contributed by atoms with E-state index in [1.165, 1.54) is 0 Å². The van der Waals surface area contributed by atoms with E-state index in [1.54, 1.807) is 12.3 Å². The van der Waals surface area contributed by atoms with Crippen LogP contribution in [0.3, 0.4) is 0 Å². The van der Waals surface area contributed by atoms with E-state index in [1.807, 2.05) is 0 Å². The van der Waals surface area contributed by atoms with Crippen molar-refractivity contribution in [2.24, 2.45) is 5.92 Å². The van der Waals surface area contributed by atoms with Crippen LogP contribution in [-0.2, 0) is 11.3 Å². The van der Waals surface area contributed by atoms with Crippen LogP contribution < -0.4 is 10.6 Å². The Bertz CT molecular complexity index is 296. The quantitative estimate of drug-likeness (QED) is 0.724. The van der Waals surface area contributed by atoms with Crippen molar-refractivity contribution in [2.45, 2.75) is 26.8 Å². The zero-order valence-electron chi connectivity index (χ0n) is 9.82. The zero-order valence-corrected chi connectivity index (χ0v) is 9.82. The van der Waals surface area contributed by atoms with E-state index < -0.39 is 0 Å². The summed E-state index contributed by atoms with van der Waals surface area (Å²) in [5.74, 6) is 1.36. The Morgan fingerprint density at radius 2 is 2.38 bits per heavy atom. The highest BCUT2D eigenvalue weighted by Crippen LogP contribution is 1.96. The van der Waals surface area contributed by atoms with Gasteiger partial charge in [-0.05, 0) is 12.3 Å². The number of amides is 1. The maximum atomic E-state index is 11.3. The first-order valence-corrected chi connectivity index (χ1v) is 5.55. The average molecular weight is 225 g/mol. The van der Waals surface area contributed by atoms with Crippen molar-refractivity contribution in [3.05, 3.63) is 18.0 Å². The molecule has 1 rings (SSSR count). The molecule has 0 radical (unpaired) electrons. The second-order valence-electron chi connectivity index (χ2n) is 4.11. The van der Waals surface area contributed by atoms with Crippen LogP contribution in [0.2, 0.25) is 0 Å². The molecule has 0 aliphatic heterocycles. The Morgan fingerprint density at radius 1 is 1.56 bits per heavy atom. The lowest BCUT2D eigenvalue weighted by atomic mass is 10.1. The van der Waals surface area contributed by atoms with Crippen LogP contribution in [0.15, 0.2) is 16.8 Å². The number of hydrogen-bond acceptors (Lipinski definition) is 4. The summed E-state index contributed by atoms with van der Waals surface area (Å²) in [7, 11) is 0. The molecule has 90 valence electrons. The average Bonchev–Trinajstić information content (AvgIpc) is 2.70. The van der Waals surface area contributed by atoms with Crippen LogP contribution in [-0.4, -0.2) is 24.2 Å². The monoisotopic (exact) mass is 225 g/mol. The van der Waals surface area contributed by atoms with Gasteiger partial charge in [0.15, 0.2) is 0 Å². The van der Waals surface area contributed by atoms with Gasteiger partial charge in [0.1, 0.15) is 5.76 Å². The standard InChI is InChI=1S/C11H19N3O2/c1-9(2)3-5-13-11(15)8-12-7-10-4-6-14-16-10/h4,6,9,12H,3,5,7-8H2,1-2H3,(H,13,15). The van der Waals surface area contributed by atoms with Crippen molar-refractivity contribution in [1.82, 2.24) is 15.8 Å². The minimum Gasteiger partial charge on any atom is -0.360 e. The van der Waals surface area contributed by atoms with Gasteiger partial charge < -0.3 is 15.2 Å². The number of rotatable bonds is 7. The first-order chi connectivity index (χ1) is 7.68. The van der Waals surface area contributed by atoms with Crippen molar-refractivity contribution < 1.29 is 9.32 Å². The predicted octanol–water partition coefficient (Wildman–Crippen LogP) is 0.926. The van der Waals surface area contributed by atoms with E-state index in [9.17, 15) is 4.79 Å². The summed E-state index contributed by atoms with van der Waals surface area (Å²) < 4.78 is 4.88. The molecule has 0 spiro atoms. The molecule has 0 aliphatic carbocycles. The van der Waals surface area contributed by atoms with Gasteiger partial charge in [-0.1, -0.05) is 19.0 Å². The summed E-state index contributed by atoms with van der Waals surface area (Å²) in [5.41, 5.74) is 0. The van der Waals surface area contributed by atoms with Gasteiger partial charge in [-0.3, -0.25) is 4.79 Å². The number of nitrogens with one attached hydrogen (secondary N) is 2. The molecule has 1 aromatic rings. The van der Waals surface area contributed by atoms with E-state index in [-0.39, 0.29) is 5.91 Å². The van der Waals surface area contributed by atoms with Gasteiger partial charge in [0.2, 0.25) is 5.91 Å². The van der Waals surface area contributed by atoms with Crippen LogP contribution in [0.4, 0.5) is 0 Å². The molecule has 1 aromatic heterocycles. The maximum Gasteiger partial charge on any atom is 0.233 e. The van der Waals surface area contributed by atoms with Crippen molar-refractivity contribution in [1.29, 1.82) is 0 Å². The third kappa shape index (κ3) is 5.50. The Balaban J connectivity index is 2.02. The molecular weight excluding hydrogens is 206 g/mol. The topological polar surface area (TPSA) is 67.2 Å². The van der Waals surface area contributed by atoms with E-state index in [2.05, 4.69) is 29.6 Å². The Morgan fingerprint density at radius 3 is 3.00 bits per heavy atom. The molecule has 0 aliphatic rings. The van der Waals surface area contributed by atoms with E-state index >= 15 is 0 Å². The second kappa shape index (κ2) is 7.00. The fourth-order valence-electron chi connectivity index (χ4n) is 1.20. The van der Waals surface area contributed by atoms with Crippen LogP contribution >= 0.6 is 0 Å². The summed E-state index contributed by atoms with van der Waals surface area (Å²) in [4.78, 5) is 11.3. The van der Waals surface area contributed by atoms with Crippen molar-refractivity contribution >= 4 is 5.91 Å². The number of carbonyl (C=O) groups is 1. The highest BCUT2D eigenvalue weighted by atomic mass is 16.5. The molecule has 5 heteroatoms. The molecule has 5 nitrogen and oxygen atoms in total. The van der Waals surface area contributed by atoms with Gasteiger partial charge in [-0.15, -0.1) is 0 Å². The lowest BCUT2D eigenvalue weighted by Gasteiger charge is -2.07. The molecule has 0 unspecified atom stereocenters. The lowest BCUT2D eigenvalue weighted by Crippen LogP contribution is -2.34. The van der Waals surface area contributed by atoms with Gasteiger partial charge in [0.05, 0.1) is 19.3 Å². The fourth-order valence-corrected chi connectivity index (χ4v) is 1.20. The van der Waals surface area contributed by atoms with E-state index in [0.717, 1.165) is 18.7 Å². The third-order valence-electron chi connectivity index (χ3n) is 2.12. The molecule has 0 saturated carbocycles. The lowest BCUT2D eigenvalue weighted by molar-refractivity contribution is -0.120. The van der Waals surface area contributed by atoms with Crippen molar-refractivity contribution in [3.63, 3.8) is 0 Å². The third-order valence-corrected chi connectivity index (χ3v) is 2.12. The Labute approximate surface area is 95.6 Å². The Hall–Kier alpha value is -1.36. The molecule has 1 heterocycles. The Kier molecular flexibility index (Phi) is 5.56. The summed E-state index contributed by atoms with van der Waals surface area (Å²) in [5, 5.41) is 9.40. The first kappa shape index (κ1) is 12.7. The molecule has 0 atom stereocenters. The van der Waals surface area contributed by atoms with Crippen LogP contribution in [0.5, 0.6) is 0 Å². The van der Waals surface area contributed by atoms with Gasteiger partial charge in [0, 0.05) is 12.6 Å². The smallest absolute Gasteiger partial charge is 0.233 e. The summed E-state index contributed by atoms with van der Waals surface area (Å²) in [6, 6.07) is 1.77. The summed E-state index contributed by atoms with van der Waals surface area (Å²) >= 11 is 0. The zero-order chi connectivity index (χ0) is 11.8. The largest absolute Gasteiger partial charge is 0.360 e. The van der Waals surface area contributed by atoms with E-state index in [4.69, 9.17) is 4.52 Å². The van der Waals surface area contributed by atoms with Crippen molar-refractivity contribution in [2.75, 3.05) is 13.1 Å². The fraction of sp³-hybridized carbons (Fsp3) is 0.636. The normalized spacial score (nSPS) is 10.7. The summed E-state index contributed by atoms with van der Waals surface area (Å²) in [6.45, 7) is 5.83. The molecule has 0 fully saturated rings.